The van der Waals surface area contributed by atoms with Crippen molar-refractivity contribution in [1.29, 1.82) is 0 Å². The molecule has 17 nitrogen and oxygen atoms in total. The van der Waals surface area contributed by atoms with Crippen molar-refractivity contribution in [3.8, 4) is 0 Å². The summed E-state index contributed by atoms with van der Waals surface area (Å²) in [6.45, 7) is 4.73. The first kappa shape index (κ1) is 96.0. The van der Waals surface area contributed by atoms with Crippen LogP contribution in [0.15, 0.2) is 97.2 Å². The van der Waals surface area contributed by atoms with Crippen molar-refractivity contribution < 1.29 is 80.2 Å². The summed E-state index contributed by atoms with van der Waals surface area (Å²) in [5.74, 6) is -2.26. The van der Waals surface area contributed by atoms with E-state index in [0.29, 0.717) is 32.1 Å². The number of esters is 4. The van der Waals surface area contributed by atoms with Gasteiger partial charge >= 0.3 is 39.5 Å². The third-order valence-corrected chi connectivity index (χ3v) is 18.4. The van der Waals surface area contributed by atoms with Crippen LogP contribution in [0, 0.1) is 0 Å². The third-order valence-electron chi connectivity index (χ3n) is 16.5. The van der Waals surface area contributed by atoms with Gasteiger partial charge < -0.3 is 33.8 Å². The quantitative estimate of drug-likeness (QED) is 0.0169. The molecule has 0 amide bonds. The molecule has 5 atom stereocenters. The van der Waals surface area contributed by atoms with Crippen molar-refractivity contribution in [3.63, 3.8) is 0 Å². The Labute approximate surface area is 607 Å². The highest BCUT2D eigenvalue weighted by atomic mass is 31.2. The number of hydrogen-bond acceptors (Lipinski definition) is 15. The Kier molecular flexibility index (Phi) is 70.4. The summed E-state index contributed by atoms with van der Waals surface area (Å²) >= 11 is 0. The second-order valence-corrected chi connectivity index (χ2v) is 29.2. The van der Waals surface area contributed by atoms with Gasteiger partial charge in [-0.05, 0) is 148 Å². The van der Waals surface area contributed by atoms with Crippen molar-refractivity contribution in [2.75, 3.05) is 39.6 Å². The van der Waals surface area contributed by atoms with E-state index in [1.54, 1.807) is 0 Å². The zero-order valence-electron chi connectivity index (χ0n) is 63.1. The molecule has 0 aliphatic carbocycles. The summed E-state index contributed by atoms with van der Waals surface area (Å²) in [7, 11) is -9.97. The first-order valence-corrected chi connectivity index (χ1v) is 42.5. The van der Waals surface area contributed by atoms with Crippen LogP contribution in [0.5, 0.6) is 0 Å². The Morgan fingerprint density at radius 2 is 0.500 bits per heavy atom. The van der Waals surface area contributed by atoms with Gasteiger partial charge in [0.2, 0.25) is 0 Å². The highest BCUT2D eigenvalue weighted by Gasteiger charge is 2.30. The molecule has 0 rings (SSSR count). The van der Waals surface area contributed by atoms with E-state index in [2.05, 4.69) is 113 Å². The van der Waals surface area contributed by atoms with Crippen molar-refractivity contribution in [1.82, 2.24) is 0 Å². The number of unbranched alkanes of at least 4 members (excludes halogenated alkanes) is 32. The van der Waals surface area contributed by atoms with E-state index in [1.807, 2.05) is 12.2 Å². The van der Waals surface area contributed by atoms with Gasteiger partial charge in [-0.1, -0.05) is 260 Å². The van der Waals surface area contributed by atoms with Gasteiger partial charge in [-0.25, -0.2) is 9.13 Å². The third kappa shape index (κ3) is 72.3. The lowest BCUT2D eigenvalue weighted by Gasteiger charge is -2.21. The lowest BCUT2D eigenvalue weighted by atomic mass is 10.1. The number of rotatable bonds is 74. The molecule has 0 heterocycles. The van der Waals surface area contributed by atoms with E-state index in [-0.39, 0.29) is 25.7 Å². The minimum absolute atomic E-state index is 0.0670. The highest BCUT2D eigenvalue weighted by Crippen LogP contribution is 2.45. The predicted molar refractivity (Wildman–Crippen MR) is 409 cm³/mol. The normalized spacial score (nSPS) is 14.4. The zero-order chi connectivity index (χ0) is 73.2. The summed E-state index contributed by atoms with van der Waals surface area (Å²) < 4.78 is 68.5. The highest BCUT2D eigenvalue weighted by molar-refractivity contribution is 7.47. The Morgan fingerprint density at radius 1 is 0.280 bits per heavy atom. The number of allylic oxidation sites excluding steroid dienone is 16. The van der Waals surface area contributed by atoms with E-state index < -0.39 is 97.5 Å². The number of aliphatic hydroxyl groups excluding tert-OH is 1. The van der Waals surface area contributed by atoms with Crippen LogP contribution in [-0.2, 0) is 65.4 Å². The molecule has 0 bridgehead atoms. The van der Waals surface area contributed by atoms with E-state index in [4.69, 9.17) is 37.0 Å². The number of carbonyl (C=O) groups is 4. The van der Waals surface area contributed by atoms with Gasteiger partial charge in [0.1, 0.15) is 19.3 Å². The molecule has 0 aliphatic rings. The standard InChI is InChI=1S/C81H142O17P2/c1-5-9-13-17-21-25-29-33-36-37-40-43-46-50-54-58-62-66-79(84)92-72-77(98-81(86)68-64-60-56-52-48-44-39-35-31-27-23-19-15-11-7-3)74-96-100(89,90)94-70-75(82)69-93-99(87,88)95-73-76(97-80(85)67-63-59-55-51-47-41-32-28-24-20-16-12-8-4)71-91-78(83)65-61-57-53-49-45-42-38-34-30-26-22-18-14-10-6-2/h21,23,25,27-28,32-36,38-40,43,50,54,75-77,82H,5-20,22,24,26,29-31,37,41-42,44-49,51-53,55-74H2,1-4H3,(H,87,88)(H,89,90)/b25-21-,27-23-,32-28-,36-33-,38-34-,39-35-,43-40-,54-50-/t75-,76-,77-/m1/s1. The Morgan fingerprint density at radius 3 is 0.830 bits per heavy atom. The number of aliphatic hydroxyl groups is 1. The molecule has 19 heteroatoms. The number of carbonyl (C=O) groups excluding carboxylic acids is 4. The second-order valence-electron chi connectivity index (χ2n) is 26.3. The average molecular weight is 1450 g/mol. The molecule has 3 N–H and O–H groups in total. The van der Waals surface area contributed by atoms with Gasteiger partial charge in [0, 0.05) is 25.7 Å². The van der Waals surface area contributed by atoms with Gasteiger partial charge in [0.05, 0.1) is 26.4 Å². The minimum atomic E-state index is -4.99. The van der Waals surface area contributed by atoms with Crippen molar-refractivity contribution in [2.45, 2.75) is 354 Å². The van der Waals surface area contributed by atoms with Crippen LogP contribution in [0.4, 0.5) is 0 Å². The van der Waals surface area contributed by atoms with Crippen LogP contribution >= 0.6 is 15.6 Å². The van der Waals surface area contributed by atoms with Crippen molar-refractivity contribution >= 4 is 39.5 Å². The fraction of sp³-hybridized carbons (Fsp3) is 0.753. The molecule has 0 radical (unpaired) electrons. The maximum Gasteiger partial charge on any atom is 0.472 e. The Balaban J connectivity index is 5.41. The van der Waals surface area contributed by atoms with Crippen molar-refractivity contribution in [2.24, 2.45) is 0 Å². The molecule has 100 heavy (non-hydrogen) atoms. The molecule has 0 aromatic carbocycles. The fourth-order valence-corrected chi connectivity index (χ4v) is 12.0. The topological polar surface area (TPSA) is 237 Å². The maximum atomic E-state index is 13.1. The number of ether oxygens (including phenoxy) is 4. The molecule has 0 fully saturated rings. The largest absolute Gasteiger partial charge is 0.472 e. The molecule has 2 unspecified atom stereocenters. The number of hydrogen-bond donors (Lipinski definition) is 3. The van der Waals surface area contributed by atoms with Crippen molar-refractivity contribution in [3.05, 3.63) is 97.2 Å². The molecule has 0 aromatic rings. The van der Waals surface area contributed by atoms with Gasteiger partial charge in [-0.15, -0.1) is 0 Å². The Bertz CT molecular complexity index is 2270. The van der Waals surface area contributed by atoms with Gasteiger partial charge in [-0.2, -0.15) is 0 Å². The first-order valence-electron chi connectivity index (χ1n) is 39.5. The van der Waals surface area contributed by atoms with Gasteiger partial charge in [-0.3, -0.25) is 37.3 Å². The maximum absolute atomic E-state index is 13.1. The summed E-state index contributed by atoms with van der Waals surface area (Å²) in [4.78, 5) is 72.9. The molecule has 0 spiro atoms. The lowest BCUT2D eigenvalue weighted by molar-refractivity contribution is -0.161. The predicted octanol–water partition coefficient (Wildman–Crippen LogP) is 22.8. The summed E-state index contributed by atoms with van der Waals surface area (Å²) in [5, 5.41) is 10.6. The summed E-state index contributed by atoms with van der Waals surface area (Å²) in [6, 6.07) is 0. The monoisotopic (exact) mass is 1450 g/mol. The van der Waals surface area contributed by atoms with E-state index in [1.165, 1.54) is 103 Å². The van der Waals surface area contributed by atoms with Crippen LogP contribution in [0.2, 0.25) is 0 Å². The minimum Gasteiger partial charge on any atom is -0.462 e. The second kappa shape index (κ2) is 73.3. The molecular formula is C81H142O17P2. The smallest absolute Gasteiger partial charge is 0.462 e. The van der Waals surface area contributed by atoms with E-state index in [9.17, 15) is 43.2 Å². The van der Waals surface area contributed by atoms with E-state index >= 15 is 0 Å². The SMILES string of the molecule is CCCCC/C=C\C/C=C\C/C=C\C/C=C\CCCC(=O)OC[C@H](COP(=O)(O)OC[C@H](O)COP(=O)(O)OC[C@@H](COC(=O)CCCCCCC/C=C\CCCCCCCC)OC(=O)CCCCCCC/C=C\CCCCCC)OC(=O)CCCCCCC/C=C\C/C=C\CCCCC. The van der Waals surface area contributed by atoms with Crippen LogP contribution in [0.1, 0.15) is 336 Å². The molecule has 0 saturated heterocycles. The molecule has 0 aromatic heterocycles. The van der Waals surface area contributed by atoms with Crippen LogP contribution < -0.4 is 0 Å². The number of phosphoric ester groups is 2. The van der Waals surface area contributed by atoms with Crippen LogP contribution in [-0.4, -0.2) is 96.7 Å². The van der Waals surface area contributed by atoms with Crippen LogP contribution in [0.25, 0.3) is 0 Å². The van der Waals surface area contributed by atoms with Gasteiger partial charge in [0.15, 0.2) is 12.2 Å². The van der Waals surface area contributed by atoms with Gasteiger partial charge in [0.25, 0.3) is 0 Å². The molecule has 578 valence electrons. The summed E-state index contributed by atoms with van der Waals surface area (Å²) in [6.07, 6.45) is 76.8. The lowest BCUT2D eigenvalue weighted by Crippen LogP contribution is -2.30. The zero-order valence-corrected chi connectivity index (χ0v) is 64.9. The molecular weight excluding hydrogens is 1310 g/mol. The summed E-state index contributed by atoms with van der Waals surface area (Å²) in [5.41, 5.74) is 0. The fourth-order valence-electron chi connectivity index (χ4n) is 10.4. The van der Waals surface area contributed by atoms with E-state index in [0.717, 1.165) is 148 Å². The molecule has 0 saturated carbocycles. The number of phosphoric acid groups is 2. The molecule has 0 aliphatic heterocycles. The first-order chi connectivity index (χ1) is 48.7. The van der Waals surface area contributed by atoms with Crippen LogP contribution in [0.3, 0.4) is 0 Å². The Hall–Kier alpha value is -4.02. The average Bonchev–Trinajstić information content (AvgIpc) is 1.06.